The van der Waals surface area contributed by atoms with Crippen LogP contribution in [0.3, 0.4) is 0 Å². The summed E-state index contributed by atoms with van der Waals surface area (Å²) in [5, 5.41) is 8.98. The van der Waals surface area contributed by atoms with Crippen LogP contribution in [0.1, 0.15) is 19.8 Å². The third-order valence-corrected chi connectivity index (χ3v) is 5.97. The first kappa shape index (κ1) is 20.6. The highest BCUT2D eigenvalue weighted by molar-refractivity contribution is 7.89. The van der Waals surface area contributed by atoms with Crippen molar-refractivity contribution in [2.24, 2.45) is 0 Å². The fraction of sp³-hybridized carbons (Fsp3) is 0.588. The topological polar surface area (TPSA) is 99.8 Å². The fourth-order valence-electron chi connectivity index (χ4n) is 2.71. The SMILES string of the molecule is CCNc1ccc(S(=O)(=O)N2CCOCC2)cc1NC(=O)CCCNC. The highest BCUT2D eigenvalue weighted by Crippen LogP contribution is 2.28. The van der Waals surface area contributed by atoms with Gasteiger partial charge in [0, 0.05) is 26.1 Å². The van der Waals surface area contributed by atoms with Gasteiger partial charge in [0.25, 0.3) is 0 Å². The van der Waals surface area contributed by atoms with E-state index in [4.69, 9.17) is 4.74 Å². The fourth-order valence-corrected chi connectivity index (χ4v) is 4.14. The van der Waals surface area contributed by atoms with E-state index in [9.17, 15) is 13.2 Å². The third kappa shape index (κ3) is 5.41. The van der Waals surface area contributed by atoms with E-state index in [1.54, 1.807) is 12.1 Å². The summed E-state index contributed by atoms with van der Waals surface area (Å²) in [5.41, 5.74) is 1.19. The molecule has 0 aliphatic carbocycles. The van der Waals surface area contributed by atoms with E-state index in [-0.39, 0.29) is 10.8 Å². The summed E-state index contributed by atoms with van der Waals surface area (Å²) in [6.45, 7) is 4.81. The summed E-state index contributed by atoms with van der Waals surface area (Å²) in [4.78, 5) is 12.3. The van der Waals surface area contributed by atoms with Crippen molar-refractivity contribution in [1.82, 2.24) is 9.62 Å². The molecule has 1 aliphatic heterocycles. The molecule has 1 saturated heterocycles. The number of ether oxygens (including phenoxy) is 1. The lowest BCUT2D eigenvalue weighted by Crippen LogP contribution is -2.40. The van der Waals surface area contributed by atoms with Crippen LogP contribution >= 0.6 is 0 Å². The molecule has 0 saturated carbocycles. The molecule has 0 radical (unpaired) electrons. The van der Waals surface area contributed by atoms with Gasteiger partial charge in [-0.2, -0.15) is 4.31 Å². The number of sulfonamides is 1. The average Bonchev–Trinajstić information content (AvgIpc) is 2.64. The first-order valence-electron chi connectivity index (χ1n) is 8.89. The predicted molar refractivity (Wildman–Crippen MR) is 102 cm³/mol. The smallest absolute Gasteiger partial charge is 0.243 e. The van der Waals surface area contributed by atoms with Crippen LogP contribution in [0.2, 0.25) is 0 Å². The van der Waals surface area contributed by atoms with Crippen LogP contribution < -0.4 is 16.0 Å². The molecule has 1 aromatic rings. The van der Waals surface area contributed by atoms with Crippen LogP contribution in [0.25, 0.3) is 0 Å². The second-order valence-electron chi connectivity index (χ2n) is 6.01. The Bertz CT molecular complexity index is 703. The van der Waals surface area contributed by atoms with Gasteiger partial charge in [0.15, 0.2) is 0 Å². The molecule has 9 heteroatoms. The molecule has 8 nitrogen and oxygen atoms in total. The molecule has 1 heterocycles. The number of nitrogens with zero attached hydrogens (tertiary/aromatic N) is 1. The monoisotopic (exact) mass is 384 g/mol. The van der Waals surface area contributed by atoms with Crippen LogP contribution in [0.5, 0.6) is 0 Å². The molecule has 0 aromatic heterocycles. The minimum absolute atomic E-state index is 0.139. The average molecular weight is 385 g/mol. The Labute approximate surface area is 155 Å². The van der Waals surface area contributed by atoms with Gasteiger partial charge < -0.3 is 20.7 Å². The summed E-state index contributed by atoms with van der Waals surface area (Å²) in [6, 6.07) is 4.79. The Balaban J connectivity index is 2.22. The van der Waals surface area contributed by atoms with Crippen molar-refractivity contribution in [3.8, 4) is 0 Å². The lowest BCUT2D eigenvalue weighted by molar-refractivity contribution is -0.116. The van der Waals surface area contributed by atoms with Crippen molar-refractivity contribution in [3.63, 3.8) is 0 Å². The van der Waals surface area contributed by atoms with Gasteiger partial charge >= 0.3 is 0 Å². The molecule has 1 amide bonds. The lowest BCUT2D eigenvalue weighted by atomic mass is 10.2. The van der Waals surface area contributed by atoms with E-state index in [1.165, 1.54) is 10.4 Å². The first-order valence-corrected chi connectivity index (χ1v) is 10.3. The van der Waals surface area contributed by atoms with Gasteiger partial charge in [0.05, 0.1) is 29.5 Å². The normalized spacial score (nSPS) is 15.6. The summed E-state index contributed by atoms with van der Waals surface area (Å²) in [5.74, 6) is -0.139. The Kier molecular flexibility index (Phi) is 7.83. The second-order valence-corrected chi connectivity index (χ2v) is 7.95. The Morgan fingerprint density at radius 1 is 1.23 bits per heavy atom. The van der Waals surface area contributed by atoms with Crippen LogP contribution in [0.15, 0.2) is 23.1 Å². The quantitative estimate of drug-likeness (QED) is 0.551. The number of amides is 1. The maximum absolute atomic E-state index is 12.8. The number of morpholine rings is 1. The van der Waals surface area contributed by atoms with E-state index in [0.29, 0.717) is 57.1 Å². The number of anilines is 2. The van der Waals surface area contributed by atoms with Crippen LogP contribution in [-0.4, -0.2) is 65.1 Å². The summed E-state index contributed by atoms with van der Waals surface area (Å²) in [7, 11) is -1.77. The Morgan fingerprint density at radius 2 is 1.96 bits per heavy atom. The third-order valence-electron chi connectivity index (χ3n) is 4.07. The maximum Gasteiger partial charge on any atom is 0.243 e. The molecule has 146 valence electrons. The molecular formula is C17H28N4O4S. The summed E-state index contributed by atoms with van der Waals surface area (Å²) >= 11 is 0. The highest BCUT2D eigenvalue weighted by Gasteiger charge is 2.27. The van der Waals surface area contributed by atoms with E-state index in [0.717, 1.165) is 6.54 Å². The maximum atomic E-state index is 12.8. The summed E-state index contributed by atoms with van der Waals surface area (Å²) in [6.07, 6.45) is 1.08. The van der Waals surface area contributed by atoms with Crippen molar-refractivity contribution in [1.29, 1.82) is 0 Å². The molecule has 0 atom stereocenters. The molecule has 1 aromatic carbocycles. The predicted octanol–water partition coefficient (Wildman–Crippen LogP) is 1.08. The van der Waals surface area contributed by atoms with Crippen molar-refractivity contribution >= 4 is 27.3 Å². The van der Waals surface area contributed by atoms with Crippen LogP contribution in [0.4, 0.5) is 11.4 Å². The lowest BCUT2D eigenvalue weighted by Gasteiger charge is -2.26. The van der Waals surface area contributed by atoms with Gasteiger partial charge in [0.1, 0.15) is 0 Å². The number of hydrogen-bond donors (Lipinski definition) is 3. The van der Waals surface area contributed by atoms with Gasteiger partial charge in [-0.05, 0) is 45.1 Å². The van der Waals surface area contributed by atoms with E-state index < -0.39 is 10.0 Å². The van der Waals surface area contributed by atoms with Crippen molar-refractivity contribution < 1.29 is 17.9 Å². The molecule has 26 heavy (non-hydrogen) atoms. The van der Waals surface area contributed by atoms with Crippen molar-refractivity contribution in [3.05, 3.63) is 18.2 Å². The van der Waals surface area contributed by atoms with Crippen molar-refractivity contribution in [2.75, 3.05) is 57.1 Å². The number of carbonyl (C=O) groups excluding carboxylic acids is 1. The number of nitrogens with one attached hydrogen (secondary N) is 3. The van der Waals surface area contributed by atoms with Gasteiger partial charge in [-0.25, -0.2) is 8.42 Å². The molecule has 3 N–H and O–H groups in total. The molecule has 0 spiro atoms. The molecule has 2 rings (SSSR count). The van der Waals surface area contributed by atoms with Gasteiger partial charge in [0.2, 0.25) is 15.9 Å². The molecule has 0 unspecified atom stereocenters. The minimum Gasteiger partial charge on any atom is -0.384 e. The first-order chi connectivity index (χ1) is 12.5. The molecule has 1 fully saturated rings. The molecule has 1 aliphatic rings. The number of carbonyl (C=O) groups is 1. The van der Waals surface area contributed by atoms with E-state index >= 15 is 0 Å². The van der Waals surface area contributed by atoms with Gasteiger partial charge in [-0.15, -0.1) is 0 Å². The zero-order valence-electron chi connectivity index (χ0n) is 15.4. The largest absolute Gasteiger partial charge is 0.384 e. The van der Waals surface area contributed by atoms with Crippen LogP contribution in [-0.2, 0) is 19.6 Å². The number of benzene rings is 1. The highest BCUT2D eigenvalue weighted by atomic mass is 32.2. The van der Waals surface area contributed by atoms with Gasteiger partial charge in [-0.3, -0.25) is 4.79 Å². The number of rotatable bonds is 9. The van der Waals surface area contributed by atoms with E-state index in [2.05, 4.69) is 16.0 Å². The Morgan fingerprint density at radius 3 is 2.62 bits per heavy atom. The zero-order chi connectivity index (χ0) is 19.0. The second kappa shape index (κ2) is 9.86. The zero-order valence-corrected chi connectivity index (χ0v) is 16.2. The molecule has 0 bridgehead atoms. The molecular weight excluding hydrogens is 356 g/mol. The van der Waals surface area contributed by atoms with E-state index in [1.807, 2.05) is 14.0 Å². The standard InChI is InChI=1S/C17H28N4O4S/c1-3-19-15-7-6-14(26(23,24)21-9-11-25-12-10-21)13-16(15)20-17(22)5-4-8-18-2/h6-7,13,18-19H,3-5,8-12H2,1-2H3,(H,20,22). The number of hydrogen-bond acceptors (Lipinski definition) is 6. The summed E-state index contributed by atoms with van der Waals surface area (Å²) < 4.78 is 32.3. The van der Waals surface area contributed by atoms with Crippen LogP contribution in [0, 0.1) is 0 Å². The van der Waals surface area contributed by atoms with Gasteiger partial charge in [-0.1, -0.05) is 0 Å². The Hall–Kier alpha value is -1.68. The minimum atomic E-state index is -3.61. The van der Waals surface area contributed by atoms with Crippen molar-refractivity contribution in [2.45, 2.75) is 24.7 Å².